The number of benzene rings is 1. The lowest BCUT2D eigenvalue weighted by Gasteiger charge is -2.46. The van der Waals surface area contributed by atoms with Crippen LogP contribution in [0.2, 0.25) is 0 Å². The van der Waals surface area contributed by atoms with Crippen LogP contribution in [-0.4, -0.2) is 42.6 Å². The van der Waals surface area contributed by atoms with Crippen molar-refractivity contribution in [1.82, 2.24) is 10.2 Å². The molecule has 1 aromatic carbocycles. The number of nitrogens with one attached hydrogen (secondary N) is 1. The molecule has 1 N–H and O–H groups in total. The Balaban J connectivity index is 0.00000182. The molecule has 2 saturated heterocycles. The van der Waals surface area contributed by atoms with E-state index in [1.165, 1.54) is 0 Å². The molecular formula is C20H29ClN2O2. The van der Waals surface area contributed by atoms with Gasteiger partial charge in [-0.1, -0.05) is 30.3 Å². The van der Waals surface area contributed by atoms with Crippen LogP contribution in [0, 0.1) is 11.3 Å². The van der Waals surface area contributed by atoms with Gasteiger partial charge in [0.25, 0.3) is 0 Å². The maximum absolute atomic E-state index is 13.3. The molecule has 0 radical (unpaired) electrons. The van der Waals surface area contributed by atoms with Crippen molar-refractivity contribution >= 4 is 18.3 Å². The Morgan fingerprint density at radius 3 is 2.56 bits per heavy atom. The molecule has 5 heteroatoms. The van der Waals surface area contributed by atoms with Crippen molar-refractivity contribution in [2.45, 2.75) is 44.8 Å². The molecule has 4 rings (SSSR count). The molecule has 2 atom stereocenters. The van der Waals surface area contributed by atoms with Crippen LogP contribution in [0.15, 0.2) is 30.3 Å². The summed E-state index contributed by atoms with van der Waals surface area (Å²) in [5.41, 5.74) is 1.23. The maximum atomic E-state index is 13.3. The minimum Gasteiger partial charge on any atom is -0.369 e. The highest BCUT2D eigenvalue weighted by Crippen LogP contribution is 2.59. The van der Waals surface area contributed by atoms with Crippen molar-refractivity contribution in [2.75, 3.05) is 26.2 Å². The van der Waals surface area contributed by atoms with Gasteiger partial charge < -0.3 is 15.0 Å². The maximum Gasteiger partial charge on any atom is 0.226 e. The van der Waals surface area contributed by atoms with Gasteiger partial charge in [-0.2, -0.15) is 0 Å². The molecule has 1 spiro atoms. The molecule has 2 heterocycles. The SMILES string of the molecule is CC1(C)COC(c2ccccc2)CN1C(=O)C1CC12CCNCC2.Cl. The molecule has 1 aromatic rings. The van der Waals surface area contributed by atoms with E-state index in [9.17, 15) is 4.79 Å². The van der Waals surface area contributed by atoms with Gasteiger partial charge in [-0.05, 0) is 57.2 Å². The molecule has 25 heavy (non-hydrogen) atoms. The van der Waals surface area contributed by atoms with E-state index in [1.54, 1.807) is 0 Å². The van der Waals surface area contributed by atoms with Crippen LogP contribution in [0.25, 0.3) is 0 Å². The summed E-state index contributed by atoms with van der Waals surface area (Å²) in [5, 5.41) is 3.42. The van der Waals surface area contributed by atoms with Crippen molar-refractivity contribution in [3.8, 4) is 0 Å². The Kier molecular flexibility index (Phi) is 5.16. The third kappa shape index (κ3) is 3.44. The Bertz CT molecular complexity index is 613. The standard InChI is InChI=1S/C20H28N2O2.ClH/c1-19(2)14-24-17(15-6-4-3-5-7-15)13-22(19)18(23)16-12-20(16)8-10-21-11-9-20;/h3-7,16-17,21H,8-14H2,1-2H3;1H. The Morgan fingerprint density at radius 1 is 1.20 bits per heavy atom. The molecule has 2 unspecified atom stereocenters. The van der Waals surface area contributed by atoms with Gasteiger partial charge in [-0.3, -0.25) is 4.79 Å². The molecule has 4 nitrogen and oxygen atoms in total. The second-order valence-corrected chi connectivity index (χ2v) is 8.34. The molecule has 138 valence electrons. The van der Waals surface area contributed by atoms with E-state index in [0.717, 1.165) is 37.9 Å². The summed E-state index contributed by atoms with van der Waals surface area (Å²) in [6.45, 7) is 7.64. The van der Waals surface area contributed by atoms with Gasteiger partial charge in [0.15, 0.2) is 0 Å². The van der Waals surface area contributed by atoms with E-state index in [-0.39, 0.29) is 30.0 Å². The van der Waals surface area contributed by atoms with Crippen LogP contribution in [0.5, 0.6) is 0 Å². The Morgan fingerprint density at radius 2 is 1.88 bits per heavy atom. The topological polar surface area (TPSA) is 41.6 Å². The van der Waals surface area contributed by atoms with E-state index in [2.05, 4.69) is 36.2 Å². The first-order chi connectivity index (χ1) is 11.5. The molecule has 0 aromatic heterocycles. The highest BCUT2D eigenvalue weighted by Gasteiger charge is 2.60. The zero-order valence-electron chi connectivity index (χ0n) is 15.2. The Hall–Kier alpha value is -1.10. The summed E-state index contributed by atoms with van der Waals surface area (Å²) in [4.78, 5) is 15.4. The van der Waals surface area contributed by atoms with E-state index < -0.39 is 0 Å². The number of morpholine rings is 1. The number of carbonyl (C=O) groups is 1. The fourth-order valence-corrected chi connectivity index (χ4v) is 4.47. The van der Waals surface area contributed by atoms with E-state index in [4.69, 9.17) is 4.74 Å². The van der Waals surface area contributed by atoms with E-state index in [0.29, 0.717) is 24.5 Å². The number of halogens is 1. The fourth-order valence-electron chi connectivity index (χ4n) is 4.47. The summed E-state index contributed by atoms with van der Waals surface area (Å²) in [6.07, 6.45) is 3.37. The third-order valence-electron chi connectivity index (χ3n) is 6.24. The van der Waals surface area contributed by atoms with Gasteiger partial charge in [0.2, 0.25) is 5.91 Å². The first-order valence-electron chi connectivity index (χ1n) is 9.21. The number of ether oxygens (including phenoxy) is 1. The monoisotopic (exact) mass is 364 g/mol. The first kappa shape index (κ1) is 18.7. The van der Waals surface area contributed by atoms with Crippen molar-refractivity contribution in [3.05, 3.63) is 35.9 Å². The molecule has 1 aliphatic carbocycles. The average Bonchev–Trinajstić information content (AvgIpc) is 3.28. The molecule has 1 saturated carbocycles. The van der Waals surface area contributed by atoms with Gasteiger partial charge in [-0.25, -0.2) is 0 Å². The predicted octanol–water partition coefficient (Wildman–Crippen LogP) is 3.18. The summed E-state index contributed by atoms with van der Waals surface area (Å²) >= 11 is 0. The first-order valence-corrected chi connectivity index (χ1v) is 9.21. The number of amides is 1. The van der Waals surface area contributed by atoms with Crippen LogP contribution >= 0.6 is 12.4 Å². The van der Waals surface area contributed by atoms with Crippen LogP contribution in [0.4, 0.5) is 0 Å². The number of nitrogens with zero attached hydrogens (tertiary/aromatic N) is 1. The van der Waals surface area contributed by atoms with Gasteiger partial charge in [0.05, 0.1) is 18.7 Å². The van der Waals surface area contributed by atoms with Crippen molar-refractivity contribution in [1.29, 1.82) is 0 Å². The van der Waals surface area contributed by atoms with Gasteiger partial charge in [0, 0.05) is 5.92 Å². The summed E-state index contributed by atoms with van der Waals surface area (Å²) < 4.78 is 6.09. The molecule has 3 fully saturated rings. The van der Waals surface area contributed by atoms with E-state index in [1.807, 2.05) is 18.2 Å². The number of carbonyl (C=O) groups excluding carboxylic acids is 1. The molecule has 0 bridgehead atoms. The molecular weight excluding hydrogens is 336 g/mol. The molecule has 1 amide bonds. The van der Waals surface area contributed by atoms with Crippen LogP contribution < -0.4 is 5.32 Å². The largest absolute Gasteiger partial charge is 0.369 e. The quantitative estimate of drug-likeness (QED) is 0.876. The lowest BCUT2D eigenvalue weighted by atomic mass is 9.90. The van der Waals surface area contributed by atoms with Gasteiger partial charge in [-0.15, -0.1) is 12.4 Å². The summed E-state index contributed by atoms with van der Waals surface area (Å²) in [5.74, 6) is 0.583. The second kappa shape index (κ2) is 6.90. The fraction of sp³-hybridized carbons (Fsp3) is 0.650. The minimum absolute atomic E-state index is 0. The van der Waals surface area contributed by atoms with Crippen LogP contribution in [0.3, 0.4) is 0 Å². The third-order valence-corrected chi connectivity index (χ3v) is 6.24. The summed E-state index contributed by atoms with van der Waals surface area (Å²) in [6, 6.07) is 10.3. The zero-order chi connectivity index (χ0) is 16.8. The number of hydrogen-bond acceptors (Lipinski definition) is 3. The number of hydrogen-bond donors (Lipinski definition) is 1. The lowest BCUT2D eigenvalue weighted by Crippen LogP contribution is -2.57. The van der Waals surface area contributed by atoms with E-state index >= 15 is 0 Å². The van der Waals surface area contributed by atoms with Crippen molar-refractivity contribution in [3.63, 3.8) is 0 Å². The molecule has 3 aliphatic rings. The number of piperidine rings is 1. The minimum atomic E-state index is -0.223. The average molecular weight is 365 g/mol. The van der Waals surface area contributed by atoms with Crippen LogP contribution in [-0.2, 0) is 9.53 Å². The lowest BCUT2D eigenvalue weighted by molar-refractivity contribution is -0.157. The smallest absolute Gasteiger partial charge is 0.226 e. The second-order valence-electron chi connectivity index (χ2n) is 8.34. The molecule has 2 aliphatic heterocycles. The normalized spacial score (nSPS) is 29.8. The van der Waals surface area contributed by atoms with Gasteiger partial charge in [0.1, 0.15) is 6.10 Å². The zero-order valence-corrected chi connectivity index (χ0v) is 16.0. The van der Waals surface area contributed by atoms with Crippen molar-refractivity contribution < 1.29 is 9.53 Å². The highest BCUT2D eigenvalue weighted by atomic mass is 35.5. The van der Waals surface area contributed by atoms with Crippen molar-refractivity contribution in [2.24, 2.45) is 11.3 Å². The summed E-state index contributed by atoms with van der Waals surface area (Å²) in [7, 11) is 0. The van der Waals surface area contributed by atoms with Crippen LogP contribution in [0.1, 0.15) is 44.8 Å². The highest BCUT2D eigenvalue weighted by molar-refractivity contribution is 5.85. The predicted molar refractivity (Wildman–Crippen MR) is 101 cm³/mol. The number of rotatable bonds is 2. The van der Waals surface area contributed by atoms with Gasteiger partial charge >= 0.3 is 0 Å². The Labute approximate surface area is 156 Å².